The van der Waals surface area contributed by atoms with Crippen molar-refractivity contribution in [2.75, 3.05) is 12.3 Å². The van der Waals surface area contributed by atoms with Crippen molar-refractivity contribution in [3.05, 3.63) is 29.8 Å². The Labute approximate surface area is 119 Å². The van der Waals surface area contributed by atoms with Crippen LogP contribution in [-0.2, 0) is 16.0 Å². The van der Waals surface area contributed by atoms with Crippen molar-refractivity contribution in [3.8, 4) is 0 Å². The van der Waals surface area contributed by atoms with Crippen molar-refractivity contribution >= 4 is 17.5 Å². The van der Waals surface area contributed by atoms with Crippen LogP contribution in [0.15, 0.2) is 24.3 Å². The fourth-order valence-corrected chi connectivity index (χ4v) is 1.79. The van der Waals surface area contributed by atoms with Gasteiger partial charge < -0.3 is 16.4 Å². The van der Waals surface area contributed by atoms with E-state index in [0.29, 0.717) is 25.1 Å². The highest BCUT2D eigenvalue weighted by Gasteiger charge is 2.14. The first-order valence-electron chi connectivity index (χ1n) is 6.94. The lowest BCUT2D eigenvalue weighted by molar-refractivity contribution is -0.128. The molecule has 0 aliphatic carbocycles. The van der Waals surface area contributed by atoms with Gasteiger partial charge in [-0.1, -0.05) is 19.1 Å². The zero-order valence-electron chi connectivity index (χ0n) is 12.1. The molecule has 1 rings (SSSR count). The molecule has 1 atom stereocenters. The molecule has 20 heavy (non-hydrogen) atoms. The second kappa shape index (κ2) is 8.19. The molecule has 2 amide bonds. The summed E-state index contributed by atoms with van der Waals surface area (Å²) in [6.07, 6.45) is 1.83. The van der Waals surface area contributed by atoms with E-state index in [9.17, 15) is 9.59 Å². The van der Waals surface area contributed by atoms with Crippen LogP contribution in [0, 0.1) is 0 Å². The van der Waals surface area contributed by atoms with Crippen molar-refractivity contribution in [3.63, 3.8) is 0 Å². The molecule has 0 saturated heterocycles. The molecule has 0 bridgehead atoms. The molecule has 0 spiro atoms. The topological polar surface area (TPSA) is 84.2 Å². The monoisotopic (exact) mass is 277 g/mol. The van der Waals surface area contributed by atoms with Gasteiger partial charge in [0, 0.05) is 18.7 Å². The van der Waals surface area contributed by atoms with E-state index >= 15 is 0 Å². The lowest BCUT2D eigenvalue weighted by Crippen LogP contribution is -2.45. The van der Waals surface area contributed by atoms with E-state index in [0.717, 1.165) is 12.0 Å². The Hall–Kier alpha value is -2.04. The van der Waals surface area contributed by atoms with Gasteiger partial charge in [-0.15, -0.1) is 0 Å². The van der Waals surface area contributed by atoms with Crippen molar-refractivity contribution in [1.82, 2.24) is 10.6 Å². The Kier molecular flexibility index (Phi) is 6.56. The summed E-state index contributed by atoms with van der Waals surface area (Å²) in [6, 6.07) is 6.95. The molecule has 0 aliphatic heterocycles. The zero-order valence-corrected chi connectivity index (χ0v) is 12.1. The van der Waals surface area contributed by atoms with Crippen LogP contribution in [0.4, 0.5) is 5.69 Å². The molecule has 1 unspecified atom stereocenters. The summed E-state index contributed by atoms with van der Waals surface area (Å²) in [5, 5.41) is 5.44. The minimum atomic E-state index is -0.505. The molecule has 1 aromatic carbocycles. The normalized spacial score (nSPS) is 11.7. The van der Waals surface area contributed by atoms with E-state index in [1.54, 1.807) is 6.92 Å². The number of carbonyl (C=O) groups is 2. The average molecular weight is 277 g/mol. The Morgan fingerprint density at radius 1 is 1.35 bits per heavy atom. The van der Waals surface area contributed by atoms with Crippen LogP contribution in [0.3, 0.4) is 0 Å². The Morgan fingerprint density at radius 2 is 2.10 bits per heavy atom. The Balaban J connectivity index is 2.34. The molecular formula is C15H23N3O2. The van der Waals surface area contributed by atoms with Crippen LogP contribution in [0.5, 0.6) is 0 Å². The van der Waals surface area contributed by atoms with Crippen LogP contribution >= 0.6 is 0 Å². The fraction of sp³-hybridized carbons (Fsp3) is 0.467. The highest BCUT2D eigenvalue weighted by molar-refractivity contribution is 5.87. The first-order valence-corrected chi connectivity index (χ1v) is 6.94. The first-order chi connectivity index (χ1) is 9.52. The number of nitrogens with two attached hydrogens (primary N) is 1. The standard InChI is InChI=1S/C15H23N3O2/c1-3-9-17-15(20)11(2)18-14(19)8-7-12-5-4-6-13(16)10-12/h4-6,10-11H,3,7-9,16H2,1-2H3,(H,17,20)(H,18,19). The SMILES string of the molecule is CCCNC(=O)C(C)NC(=O)CCc1cccc(N)c1. The molecule has 0 fully saturated rings. The summed E-state index contributed by atoms with van der Waals surface area (Å²) in [5.41, 5.74) is 7.39. The van der Waals surface area contributed by atoms with Gasteiger partial charge in [-0.2, -0.15) is 0 Å². The van der Waals surface area contributed by atoms with Crippen molar-refractivity contribution in [2.45, 2.75) is 39.2 Å². The van der Waals surface area contributed by atoms with Gasteiger partial charge in [0.15, 0.2) is 0 Å². The molecule has 0 aliphatic rings. The van der Waals surface area contributed by atoms with Crippen LogP contribution in [0.1, 0.15) is 32.3 Å². The van der Waals surface area contributed by atoms with E-state index in [1.807, 2.05) is 31.2 Å². The second-order valence-corrected chi connectivity index (χ2v) is 4.83. The molecule has 5 nitrogen and oxygen atoms in total. The van der Waals surface area contributed by atoms with Gasteiger partial charge in [0.25, 0.3) is 0 Å². The number of benzene rings is 1. The number of hydrogen-bond acceptors (Lipinski definition) is 3. The lowest BCUT2D eigenvalue weighted by atomic mass is 10.1. The number of hydrogen-bond donors (Lipinski definition) is 3. The smallest absolute Gasteiger partial charge is 0.242 e. The third-order valence-electron chi connectivity index (χ3n) is 2.91. The highest BCUT2D eigenvalue weighted by Crippen LogP contribution is 2.08. The third-order valence-corrected chi connectivity index (χ3v) is 2.91. The highest BCUT2D eigenvalue weighted by atomic mass is 16.2. The molecule has 0 aromatic heterocycles. The summed E-state index contributed by atoms with van der Waals surface area (Å²) < 4.78 is 0. The number of carbonyl (C=O) groups excluding carboxylic acids is 2. The second-order valence-electron chi connectivity index (χ2n) is 4.83. The van der Waals surface area contributed by atoms with Crippen LogP contribution < -0.4 is 16.4 Å². The zero-order chi connectivity index (χ0) is 15.0. The minimum Gasteiger partial charge on any atom is -0.399 e. The third kappa shape index (κ3) is 5.73. The fourth-order valence-electron chi connectivity index (χ4n) is 1.79. The van der Waals surface area contributed by atoms with Gasteiger partial charge in [0.05, 0.1) is 0 Å². The number of nitrogen functional groups attached to an aromatic ring is 1. The maximum Gasteiger partial charge on any atom is 0.242 e. The molecule has 110 valence electrons. The van der Waals surface area contributed by atoms with Gasteiger partial charge in [-0.25, -0.2) is 0 Å². The quantitative estimate of drug-likeness (QED) is 0.655. The van der Waals surface area contributed by atoms with Crippen LogP contribution in [0.25, 0.3) is 0 Å². The van der Waals surface area contributed by atoms with Crippen molar-refractivity contribution < 1.29 is 9.59 Å². The predicted octanol–water partition coefficient (Wildman–Crippen LogP) is 1.23. The molecule has 0 heterocycles. The largest absolute Gasteiger partial charge is 0.399 e. The van der Waals surface area contributed by atoms with E-state index in [2.05, 4.69) is 10.6 Å². The van der Waals surface area contributed by atoms with E-state index < -0.39 is 6.04 Å². The summed E-state index contributed by atoms with van der Waals surface area (Å²) >= 11 is 0. The maximum atomic E-state index is 11.8. The lowest BCUT2D eigenvalue weighted by Gasteiger charge is -2.13. The first kappa shape index (κ1) is 16.0. The van der Waals surface area contributed by atoms with Gasteiger partial charge in [0.2, 0.25) is 11.8 Å². The molecule has 5 heteroatoms. The minimum absolute atomic E-state index is 0.133. The number of nitrogens with one attached hydrogen (secondary N) is 2. The summed E-state index contributed by atoms with van der Waals surface area (Å²) in [4.78, 5) is 23.4. The van der Waals surface area contributed by atoms with Crippen LogP contribution in [0.2, 0.25) is 0 Å². The molecule has 0 radical (unpaired) electrons. The molecule has 1 aromatic rings. The van der Waals surface area contributed by atoms with Crippen LogP contribution in [-0.4, -0.2) is 24.4 Å². The van der Waals surface area contributed by atoms with E-state index in [-0.39, 0.29) is 11.8 Å². The Bertz CT molecular complexity index is 460. The predicted molar refractivity (Wildman–Crippen MR) is 80.1 cm³/mol. The number of amides is 2. The molecule has 4 N–H and O–H groups in total. The van der Waals surface area contributed by atoms with Gasteiger partial charge in [-0.05, 0) is 37.5 Å². The Morgan fingerprint density at radius 3 is 2.75 bits per heavy atom. The molecule has 0 saturated carbocycles. The van der Waals surface area contributed by atoms with E-state index in [4.69, 9.17) is 5.73 Å². The summed E-state index contributed by atoms with van der Waals surface area (Å²) in [7, 11) is 0. The van der Waals surface area contributed by atoms with Gasteiger partial charge in [-0.3, -0.25) is 9.59 Å². The summed E-state index contributed by atoms with van der Waals surface area (Å²) in [5.74, 6) is -0.282. The number of rotatable bonds is 7. The van der Waals surface area contributed by atoms with E-state index in [1.165, 1.54) is 0 Å². The maximum absolute atomic E-state index is 11.8. The van der Waals surface area contributed by atoms with Crippen molar-refractivity contribution in [2.24, 2.45) is 0 Å². The average Bonchev–Trinajstić information content (AvgIpc) is 2.42. The summed E-state index contributed by atoms with van der Waals surface area (Å²) in [6.45, 7) is 4.29. The molecular weight excluding hydrogens is 254 g/mol. The van der Waals surface area contributed by atoms with Gasteiger partial charge >= 0.3 is 0 Å². The number of aryl methyl sites for hydroxylation is 1. The van der Waals surface area contributed by atoms with Gasteiger partial charge in [0.1, 0.15) is 6.04 Å². The van der Waals surface area contributed by atoms with Crippen molar-refractivity contribution in [1.29, 1.82) is 0 Å². The number of anilines is 1.